The summed E-state index contributed by atoms with van der Waals surface area (Å²) in [4.78, 5) is 29.1. The van der Waals surface area contributed by atoms with Crippen LogP contribution < -0.4 is 10.6 Å². The largest absolute Gasteiger partial charge is 0.467 e. The van der Waals surface area contributed by atoms with Crippen molar-refractivity contribution in [3.8, 4) is 11.3 Å². The van der Waals surface area contributed by atoms with Gasteiger partial charge in [-0.3, -0.25) is 9.59 Å². The van der Waals surface area contributed by atoms with E-state index < -0.39 is 23.6 Å². The third-order valence-electron chi connectivity index (χ3n) is 4.82. The first-order valence-corrected chi connectivity index (χ1v) is 9.75. The number of carbonyl (C=O) groups is 2. The summed E-state index contributed by atoms with van der Waals surface area (Å²) in [5, 5.41) is 9.06. The van der Waals surface area contributed by atoms with Gasteiger partial charge >= 0.3 is 6.18 Å². The normalized spacial score (nSPS) is 11.5. The second kappa shape index (κ2) is 8.77. The van der Waals surface area contributed by atoms with E-state index in [9.17, 15) is 22.8 Å². The van der Waals surface area contributed by atoms with E-state index in [4.69, 9.17) is 8.94 Å². The number of aromatic nitrogens is 2. The number of fused-ring (bicyclic) bond motifs is 1. The molecule has 0 saturated carbocycles. The zero-order chi connectivity index (χ0) is 23.6. The minimum absolute atomic E-state index is 0.00966. The van der Waals surface area contributed by atoms with E-state index in [0.717, 1.165) is 6.07 Å². The van der Waals surface area contributed by atoms with Crippen LogP contribution in [0.3, 0.4) is 0 Å². The molecule has 1 aromatic carbocycles. The summed E-state index contributed by atoms with van der Waals surface area (Å²) in [6.07, 6.45) is -3.16. The van der Waals surface area contributed by atoms with Gasteiger partial charge in [0.1, 0.15) is 5.76 Å². The Balaban J connectivity index is 1.62. The van der Waals surface area contributed by atoms with Crippen LogP contribution in [0.5, 0.6) is 0 Å². The number of halogens is 3. The van der Waals surface area contributed by atoms with Gasteiger partial charge in [-0.05, 0) is 31.2 Å². The number of nitrogens with zero attached hydrogens (tertiary/aromatic N) is 2. The van der Waals surface area contributed by atoms with Crippen LogP contribution in [0.15, 0.2) is 57.7 Å². The predicted molar refractivity (Wildman–Crippen MR) is 110 cm³/mol. The fourth-order valence-corrected chi connectivity index (χ4v) is 3.28. The molecule has 3 aromatic heterocycles. The molecule has 0 aliphatic rings. The van der Waals surface area contributed by atoms with E-state index in [1.54, 1.807) is 19.1 Å². The molecule has 0 spiro atoms. The number of alkyl halides is 3. The lowest BCUT2D eigenvalue weighted by Gasteiger charge is -2.13. The van der Waals surface area contributed by atoms with Gasteiger partial charge in [-0.25, -0.2) is 4.98 Å². The fourth-order valence-electron chi connectivity index (χ4n) is 3.28. The van der Waals surface area contributed by atoms with Crippen LogP contribution in [0.25, 0.3) is 22.4 Å². The van der Waals surface area contributed by atoms with Gasteiger partial charge in [-0.1, -0.05) is 23.4 Å². The lowest BCUT2D eigenvalue weighted by atomic mass is 10.0. The molecule has 0 saturated heterocycles. The summed E-state index contributed by atoms with van der Waals surface area (Å²) in [5.41, 5.74) is -0.999. The average molecular weight is 458 g/mol. The van der Waals surface area contributed by atoms with Crippen molar-refractivity contribution < 1.29 is 31.7 Å². The van der Waals surface area contributed by atoms with Crippen molar-refractivity contribution in [2.75, 3.05) is 6.54 Å². The molecule has 0 aliphatic carbocycles. The SMILES string of the molecule is Cc1noc2nc(-c3ccccc3C(F)(F)F)cc(C(=O)NCC(=O)NCc3ccco3)c12. The Morgan fingerprint density at radius 3 is 2.61 bits per heavy atom. The second-order valence-corrected chi connectivity index (χ2v) is 7.09. The molecule has 11 heteroatoms. The lowest BCUT2D eigenvalue weighted by molar-refractivity contribution is -0.137. The van der Waals surface area contributed by atoms with Crippen molar-refractivity contribution in [2.24, 2.45) is 0 Å². The van der Waals surface area contributed by atoms with Crippen LogP contribution in [0, 0.1) is 6.92 Å². The Morgan fingerprint density at radius 2 is 1.88 bits per heavy atom. The smallest absolute Gasteiger partial charge is 0.417 e. The zero-order valence-electron chi connectivity index (χ0n) is 17.2. The van der Waals surface area contributed by atoms with Gasteiger partial charge in [-0.2, -0.15) is 13.2 Å². The van der Waals surface area contributed by atoms with Gasteiger partial charge in [0.15, 0.2) is 0 Å². The number of hydrogen-bond donors (Lipinski definition) is 2. The fraction of sp³-hybridized carbons (Fsp3) is 0.182. The van der Waals surface area contributed by atoms with Crippen molar-refractivity contribution >= 4 is 22.9 Å². The van der Waals surface area contributed by atoms with E-state index >= 15 is 0 Å². The van der Waals surface area contributed by atoms with E-state index in [-0.39, 0.29) is 41.0 Å². The Kier molecular flexibility index (Phi) is 5.86. The van der Waals surface area contributed by atoms with Crippen LogP contribution in [-0.2, 0) is 17.5 Å². The van der Waals surface area contributed by atoms with Crippen molar-refractivity contribution in [3.05, 3.63) is 71.3 Å². The molecule has 0 atom stereocenters. The summed E-state index contributed by atoms with van der Waals surface area (Å²) < 4.78 is 50.7. The van der Waals surface area contributed by atoms with Gasteiger partial charge < -0.3 is 19.6 Å². The maximum Gasteiger partial charge on any atom is 0.417 e. The third kappa shape index (κ3) is 4.71. The van der Waals surface area contributed by atoms with Crippen LogP contribution in [0.2, 0.25) is 0 Å². The molecule has 2 N–H and O–H groups in total. The van der Waals surface area contributed by atoms with E-state index in [0.29, 0.717) is 11.5 Å². The molecular weight excluding hydrogens is 441 g/mol. The third-order valence-corrected chi connectivity index (χ3v) is 4.82. The molecule has 0 unspecified atom stereocenters. The minimum Gasteiger partial charge on any atom is -0.467 e. The van der Waals surface area contributed by atoms with Crippen molar-refractivity contribution in [1.29, 1.82) is 0 Å². The highest BCUT2D eigenvalue weighted by molar-refractivity contribution is 6.07. The highest BCUT2D eigenvalue weighted by atomic mass is 19.4. The number of nitrogens with one attached hydrogen (secondary N) is 2. The van der Waals surface area contributed by atoms with Gasteiger partial charge in [-0.15, -0.1) is 0 Å². The lowest BCUT2D eigenvalue weighted by Crippen LogP contribution is -2.36. The van der Waals surface area contributed by atoms with Crippen molar-refractivity contribution in [2.45, 2.75) is 19.6 Å². The molecular formula is C22H17F3N4O4. The summed E-state index contributed by atoms with van der Waals surface area (Å²) in [5.74, 6) is -0.624. The highest BCUT2D eigenvalue weighted by Crippen LogP contribution is 2.37. The number of rotatable bonds is 6. The van der Waals surface area contributed by atoms with Crippen molar-refractivity contribution in [3.63, 3.8) is 0 Å². The zero-order valence-corrected chi connectivity index (χ0v) is 17.2. The maximum atomic E-state index is 13.5. The number of hydrogen-bond acceptors (Lipinski definition) is 6. The summed E-state index contributed by atoms with van der Waals surface area (Å²) >= 11 is 0. The van der Waals surface area contributed by atoms with Gasteiger partial charge in [0.25, 0.3) is 11.6 Å². The quantitative estimate of drug-likeness (QED) is 0.454. The van der Waals surface area contributed by atoms with E-state index in [1.807, 2.05) is 0 Å². The molecule has 33 heavy (non-hydrogen) atoms. The molecule has 4 rings (SSSR count). The molecule has 8 nitrogen and oxygen atoms in total. The molecule has 2 amide bonds. The molecule has 4 aromatic rings. The number of amides is 2. The molecule has 0 bridgehead atoms. The standard InChI is InChI=1S/C22H17F3N4O4/c1-12-19-15(20(31)27-11-18(30)26-10-13-5-4-8-32-13)9-17(28-21(19)33-29-12)14-6-2-3-7-16(14)22(23,24)25/h2-9H,10-11H2,1H3,(H,26,30)(H,27,31). The van der Waals surface area contributed by atoms with Crippen LogP contribution in [0.4, 0.5) is 13.2 Å². The summed E-state index contributed by atoms with van der Waals surface area (Å²) in [6, 6.07) is 9.46. The molecule has 170 valence electrons. The summed E-state index contributed by atoms with van der Waals surface area (Å²) in [6.45, 7) is 1.36. The highest BCUT2D eigenvalue weighted by Gasteiger charge is 2.34. The first kappa shape index (κ1) is 22.1. The van der Waals surface area contributed by atoms with Gasteiger partial charge in [0, 0.05) is 5.56 Å². The van der Waals surface area contributed by atoms with Gasteiger partial charge in [0.2, 0.25) is 5.91 Å². The first-order valence-electron chi connectivity index (χ1n) is 9.75. The molecule has 3 heterocycles. The number of carbonyl (C=O) groups excluding carboxylic acids is 2. The second-order valence-electron chi connectivity index (χ2n) is 7.09. The van der Waals surface area contributed by atoms with Crippen LogP contribution in [0.1, 0.15) is 27.4 Å². The number of pyridine rings is 1. The number of aryl methyl sites for hydroxylation is 1. The van der Waals surface area contributed by atoms with Crippen LogP contribution in [-0.4, -0.2) is 28.5 Å². The Hall–Kier alpha value is -4.15. The Bertz CT molecular complexity index is 1310. The average Bonchev–Trinajstić information content (AvgIpc) is 3.45. The minimum atomic E-state index is -4.63. The predicted octanol–water partition coefficient (Wildman–Crippen LogP) is 3.86. The number of benzene rings is 1. The van der Waals surface area contributed by atoms with E-state index in [2.05, 4.69) is 20.8 Å². The molecule has 0 fully saturated rings. The van der Waals surface area contributed by atoms with Crippen LogP contribution >= 0.6 is 0 Å². The van der Waals surface area contributed by atoms with E-state index in [1.165, 1.54) is 30.5 Å². The molecule has 0 radical (unpaired) electrons. The first-order chi connectivity index (χ1) is 15.7. The maximum absolute atomic E-state index is 13.5. The monoisotopic (exact) mass is 458 g/mol. The summed E-state index contributed by atoms with van der Waals surface area (Å²) in [7, 11) is 0. The van der Waals surface area contributed by atoms with Gasteiger partial charge in [0.05, 0.1) is 47.3 Å². The Labute approximate surface area is 184 Å². The van der Waals surface area contributed by atoms with Crippen molar-refractivity contribution in [1.82, 2.24) is 20.8 Å². The Morgan fingerprint density at radius 1 is 1.09 bits per heavy atom. The topological polar surface area (TPSA) is 110 Å². The molecule has 0 aliphatic heterocycles. The number of furan rings is 1.